The van der Waals surface area contributed by atoms with Gasteiger partial charge in [0, 0.05) is 32.0 Å². The Balaban J connectivity index is 1.64. The second kappa shape index (κ2) is 7.23. The number of nitrogens with one attached hydrogen (secondary N) is 1. The summed E-state index contributed by atoms with van der Waals surface area (Å²) in [6.07, 6.45) is -1.79. The fraction of sp³-hybridized carbons (Fsp3) is 0.412. The number of alkyl halides is 4. The van der Waals surface area contributed by atoms with Crippen LogP contribution < -0.4 is 16.0 Å². The van der Waals surface area contributed by atoms with Gasteiger partial charge in [0.25, 0.3) is 5.91 Å². The molecular formula is C17H18F4N8O. The summed E-state index contributed by atoms with van der Waals surface area (Å²) in [4.78, 5) is 18.7. The molecule has 0 saturated carbocycles. The number of halogens is 4. The zero-order valence-electron chi connectivity index (χ0n) is 15.8. The summed E-state index contributed by atoms with van der Waals surface area (Å²) < 4.78 is 55.5. The summed E-state index contributed by atoms with van der Waals surface area (Å²) in [5.74, 6) is -0.431. The minimum atomic E-state index is -4.73. The van der Waals surface area contributed by atoms with Crippen LogP contribution in [0.25, 0.3) is 5.65 Å². The number of aryl methyl sites for hydroxylation is 1. The molecular weight excluding hydrogens is 408 g/mol. The van der Waals surface area contributed by atoms with E-state index in [0.717, 1.165) is 10.9 Å². The van der Waals surface area contributed by atoms with Crippen molar-refractivity contribution in [2.24, 2.45) is 12.8 Å². The minimum absolute atomic E-state index is 0.0352. The summed E-state index contributed by atoms with van der Waals surface area (Å²) in [5, 5.41) is 9.58. The summed E-state index contributed by atoms with van der Waals surface area (Å²) >= 11 is 0. The molecule has 1 fully saturated rings. The standard InChI is InChI=1S/C17H18F4N8O/c1-27-8-12(14(26-27)17(19,20)21)24-16(30)11-5-23-29-3-2-13(25-15(11)29)28-6-9(18)4-10(22)7-28/h2-3,5,8-10H,4,6-7,22H2,1H3,(H,24,30)/t9-,10+/m1/s1. The van der Waals surface area contributed by atoms with Crippen LogP contribution >= 0.6 is 0 Å². The first-order valence-corrected chi connectivity index (χ1v) is 9.03. The van der Waals surface area contributed by atoms with E-state index in [1.807, 2.05) is 0 Å². The molecule has 30 heavy (non-hydrogen) atoms. The topological polar surface area (TPSA) is 106 Å². The van der Waals surface area contributed by atoms with Crippen LogP contribution in [-0.4, -0.2) is 55.6 Å². The molecule has 0 spiro atoms. The molecule has 160 valence electrons. The summed E-state index contributed by atoms with van der Waals surface area (Å²) in [6, 6.07) is 1.25. The SMILES string of the molecule is Cn1cc(NC(=O)c2cnn3ccc(N4C[C@@H](N)C[C@@H](F)C4)nc23)c(C(F)(F)F)n1. The van der Waals surface area contributed by atoms with Crippen LogP contribution in [0, 0.1) is 0 Å². The number of nitrogens with two attached hydrogens (primary N) is 1. The Morgan fingerprint density at radius 1 is 1.33 bits per heavy atom. The molecule has 3 aromatic heterocycles. The Kier molecular flexibility index (Phi) is 4.84. The zero-order chi connectivity index (χ0) is 21.6. The maximum Gasteiger partial charge on any atom is 0.437 e. The molecule has 0 aromatic carbocycles. The first-order valence-electron chi connectivity index (χ1n) is 9.03. The summed E-state index contributed by atoms with van der Waals surface area (Å²) in [7, 11) is 1.31. The lowest BCUT2D eigenvalue weighted by molar-refractivity contribution is -0.140. The molecule has 1 amide bonds. The number of hydrogen-bond donors (Lipinski definition) is 2. The third kappa shape index (κ3) is 3.79. The second-order valence-corrected chi connectivity index (χ2v) is 7.13. The predicted molar refractivity (Wildman–Crippen MR) is 98.9 cm³/mol. The van der Waals surface area contributed by atoms with E-state index in [1.54, 1.807) is 11.0 Å². The van der Waals surface area contributed by atoms with Gasteiger partial charge in [0.05, 0.1) is 18.4 Å². The van der Waals surface area contributed by atoms with Gasteiger partial charge in [-0.05, 0) is 12.5 Å². The molecule has 1 aliphatic heterocycles. The van der Waals surface area contributed by atoms with Crippen molar-refractivity contribution < 1.29 is 22.4 Å². The van der Waals surface area contributed by atoms with E-state index in [-0.39, 0.29) is 30.2 Å². The molecule has 4 rings (SSSR count). The van der Waals surface area contributed by atoms with Gasteiger partial charge in [-0.3, -0.25) is 9.48 Å². The van der Waals surface area contributed by atoms with Gasteiger partial charge in [-0.25, -0.2) is 13.9 Å². The van der Waals surface area contributed by atoms with Crippen molar-refractivity contribution in [3.63, 3.8) is 0 Å². The first-order chi connectivity index (χ1) is 14.1. The lowest BCUT2D eigenvalue weighted by Gasteiger charge is -2.33. The number of piperidine rings is 1. The third-order valence-corrected chi connectivity index (χ3v) is 4.70. The number of amides is 1. The van der Waals surface area contributed by atoms with Crippen molar-refractivity contribution in [1.82, 2.24) is 24.4 Å². The van der Waals surface area contributed by atoms with E-state index in [1.165, 1.54) is 24.0 Å². The number of carbonyl (C=O) groups is 1. The van der Waals surface area contributed by atoms with Crippen molar-refractivity contribution in [3.8, 4) is 0 Å². The van der Waals surface area contributed by atoms with E-state index in [4.69, 9.17) is 5.73 Å². The Morgan fingerprint density at radius 2 is 2.10 bits per heavy atom. The van der Waals surface area contributed by atoms with Gasteiger partial charge in [0.2, 0.25) is 0 Å². The van der Waals surface area contributed by atoms with Crippen LogP contribution in [0.1, 0.15) is 22.5 Å². The molecule has 4 heterocycles. The fourth-order valence-electron chi connectivity index (χ4n) is 3.44. The Labute approximate surface area is 167 Å². The van der Waals surface area contributed by atoms with Gasteiger partial charge in [-0.15, -0.1) is 0 Å². The van der Waals surface area contributed by atoms with Crippen LogP contribution in [0.2, 0.25) is 0 Å². The smallest absolute Gasteiger partial charge is 0.352 e. The number of anilines is 2. The molecule has 13 heteroatoms. The van der Waals surface area contributed by atoms with Crippen LogP contribution in [0.3, 0.4) is 0 Å². The molecule has 0 bridgehead atoms. The van der Waals surface area contributed by atoms with E-state index >= 15 is 0 Å². The second-order valence-electron chi connectivity index (χ2n) is 7.13. The number of hydrogen-bond acceptors (Lipinski definition) is 6. The van der Waals surface area contributed by atoms with Gasteiger partial charge in [-0.2, -0.15) is 23.4 Å². The Bertz CT molecular complexity index is 1080. The van der Waals surface area contributed by atoms with Gasteiger partial charge in [0.1, 0.15) is 17.6 Å². The number of carbonyl (C=O) groups excluding carboxylic acids is 1. The lowest BCUT2D eigenvalue weighted by Crippen LogP contribution is -2.48. The highest BCUT2D eigenvalue weighted by molar-refractivity contribution is 6.08. The summed E-state index contributed by atoms with van der Waals surface area (Å²) in [5.41, 5.74) is 4.27. The van der Waals surface area contributed by atoms with Crippen LogP contribution in [0.4, 0.5) is 29.1 Å². The van der Waals surface area contributed by atoms with Crippen molar-refractivity contribution in [3.05, 3.63) is 35.9 Å². The number of fused-ring (bicyclic) bond motifs is 1. The highest BCUT2D eigenvalue weighted by Crippen LogP contribution is 2.33. The van der Waals surface area contributed by atoms with Crippen LogP contribution in [-0.2, 0) is 13.2 Å². The first kappa shape index (κ1) is 20.1. The summed E-state index contributed by atoms with van der Waals surface area (Å²) in [6.45, 7) is 0.501. The maximum absolute atomic E-state index is 13.9. The Morgan fingerprint density at radius 3 is 2.80 bits per heavy atom. The van der Waals surface area contributed by atoms with Crippen molar-refractivity contribution >= 4 is 23.1 Å². The highest BCUT2D eigenvalue weighted by atomic mass is 19.4. The molecule has 0 radical (unpaired) electrons. The zero-order valence-corrected chi connectivity index (χ0v) is 15.8. The van der Waals surface area contributed by atoms with Gasteiger partial charge in [-0.1, -0.05) is 0 Å². The Hall–Kier alpha value is -3.22. The van der Waals surface area contributed by atoms with E-state index in [2.05, 4.69) is 20.5 Å². The van der Waals surface area contributed by atoms with Gasteiger partial charge >= 0.3 is 6.18 Å². The van der Waals surface area contributed by atoms with E-state index < -0.39 is 29.6 Å². The third-order valence-electron chi connectivity index (χ3n) is 4.70. The molecule has 3 N–H and O–H groups in total. The van der Waals surface area contributed by atoms with Crippen molar-refractivity contribution in [1.29, 1.82) is 0 Å². The molecule has 0 aliphatic carbocycles. The minimum Gasteiger partial charge on any atom is -0.352 e. The van der Waals surface area contributed by atoms with E-state index in [0.29, 0.717) is 12.4 Å². The molecule has 1 aliphatic rings. The van der Waals surface area contributed by atoms with Crippen molar-refractivity contribution in [2.45, 2.75) is 24.8 Å². The highest BCUT2D eigenvalue weighted by Gasteiger charge is 2.38. The van der Waals surface area contributed by atoms with Gasteiger partial charge in [0.15, 0.2) is 11.3 Å². The van der Waals surface area contributed by atoms with Crippen molar-refractivity contribution in [2.75, 3.05) is 23.3 Å². The molecule has 3 aromatic rings. The quantitative estimate of drug-likeness (QED) is 0.617. The number of nitrogens with zero attached hydrogens (tertiary/aromatic N) is 6. The molecule has 0 unspecified atom stereocenters. The number of aromatic nitrogens is 5. The van der Waals surface area contributed by atoms with E-state index in [9.17, 15) is 22.4 Å². The monoisotopic (exact) mass is 426 g/mol. The fourth-order valence-corrected chi connectivity index (χ4v) is 3.44. The normalized spacial score (nSPS) is 20.0. The largest absolute Gasteiger partial charge is 0.437 e. The lowest BCUT2D eigenvalue weighted by atomic mass is 10.1. The van der Waals surface area contributed by atoms with Gasteiger partial charge < -0.3 is 16.0 Å². The van der Waals surface area contributed by atoms with Crippen LogP contribution in [0.15, 0.2) is 24.7 Å². The maximum atomic E-state index is 13.9. The number of rotatable bonds is 3. The molecule has 1 saturated heterocycles. The molecule has 2 atom stereocenters. The molecule has 9 nitrogen and oxygen atoms in total. The van der Waals surface area contributed by atoms with Crippen LogP contribution in [0.5, 0.6) is 0 Å². The predicted octanol–water partition coefficient (Wildman–Crippen LogP) is 1.61. The average molecular weight is 426 g/mol. The average Bonchev–Trinajstić information content (AvgIpc) is 3.23.